The number of hydrogen-bond acceptors (Lipinski definition) is 8. The van der Waals surface area contributed by atoms with E-state index in [1.807, 2.05) is 78.9 Å². The average molecular weight is 583 g/mol. The molecule has 1 aliphatic rings. The summed E-state index contributed by atoms with van der Waals surface area (Å²) in [6, 6.07) is 22.8. The fourth-order valence-corrected chi connectivity index (χ4v) is 5.07. The molecule has 0 N–H and O–H groups in total. The number of ether oxygens (including phenoxy) is 6. The maximum absolute atomic E-state index is 13.4. The SMILES string of the molecule is CCC(=O)OCCCOC(=O)c1cc2ccc(OC)cc2c2c1C=CC(c1ccc(OC)cc1)(c1ccc(OC)cc1)O2. The topological polar surface area (TPSA) is 89.5 Å². The first-order chi connectivity index (χ1) is 20.9. The van der Waals surface area contributed by atoms with Gasteiger partial charge in [0.1, 0.15) is 23.0 Å². The molecule has 0 radical (unpaired) electrons. The van der Waals surface area contributed by atoms with Crippen LogP contribution in [0.15, 0.2) is 78.9 Å². The summed E-state index contributed by atoms with van der Waals surface area (Å²) in [5.41, 5.74) is 1.66. The summed E-state index contributed by atoms with van der Waals surface area (Å²) in [4.78, 5) is 24.8. The number of esters is 2. The Kier molecular flexibility index (Phi) is 8.85. The molecule has 0 aliphatic carbocycles. The number of rotatable bonds is 11. The van der Waals surface area contributed by atoms with Gasteiger partial charge in [-0.25, -0.2) is 4.79 Å². The predicted octanol–water partition coefficient (Wildman–Crippen LogP) is 6.72. The maximum atomic E-state index is 13.4. The smallest absolute Gasteiger partial charge is 0.338 e. The number of benzene rings is 4. The van der Waals surface area contributed by atoms with Crippen molar-refractivity contribution in [2.45, 2.75) is 25.4 Å². The van der Waals surface area contributed by atoms with Crippen molar-refractivity contribution in [1.82, 2.24) is 0 Å². The second-order valence-electron chi connectivity index (χ2n) is 9.95. The number of hydrogen-bond donors (Lipinski definition) is 0. The highest BCUT2D eigenvalue weighted by molar-refractivity contribution is 6.04. The Labute approximate surface area is 250 Å². The van der Waals surface area contributed by atoms with Gasteiger partial charge < -0.3 is 28.4 Å². The standard InChI is InChI=1S/C35H34O8/c1-5-32(36)41-19-6-20-42-34(37)31-21-23-7-12-28(40-4)22-30(23)33-29(31)17-18-35(43-33,24-8-13-26(38-2)14-9-24)25-10-15-27(39-3)16-11-25/h7-18,21-22H,5-6,19-20H2,1-4H3. The molecule has 222 valence electrons. The summed E-state index contributed by atoms with van der Waals surface area (Å²) in [6.45, 7) is 2.02. The van der Waals surface area contributed by atoms with Crippen LogP contribution in [0.4, 0.5) is 0 Å². The minimum absolute atomic E-state index is 0.109. The lowest BCUT2D eigenvalue weighted by Gasteiger charge is -2.37. The lowest BCUT2D eigenvalue weighted by molar-refractivity contribution is -0.143. The number of methoxy groups -OCH3 is 3. The van der Waals surface area contributed by atoms with E-state index in [9.17, 15) is 9.59 Å². The van der Waals surface area contributed by atoms with E-state index < -0.39 is 11.6 Å². The van der Waals surface area contributed by atoms with Crippen molar-refractivity contribution < 1.29 is 38.0 Å². The Morgan fingerprint density at radius 3 is 1.91 bits per heavy atom. The van der Waals surface area contributed by atoms with Crippen LogP contribution >= 0.6 is 0 Å². The van der Waals surface area contributed by atoms with Crippen molar-refractivity contribution in [2.75, 3.05) is 34.5 Å². The molecule has 0 bridgehead atoms. The third-order valence-electron chi connectivity index (χ3n) is 7.42. The zero-order chi connectivity index (χ0) is 30.4. The molecule has 43 heavy (non-hydrogen) atoms. The highest BCUT2D eigenvalue weighted by Crippen LogP contribution is 2.47. The molecule has 0 spiro atoms. The van der Waals surface area contributed by atoms with Crippen molar-refractivity contribution in [3.8, 4) is 23.0 Å². The number of carbonyl (C=O) groups excluding carboxylic acids is 2. The molecule has 0 fully saturated rings. The second kappa shape index (κ2) is 12.9. The second-order valence-corrected chi connectivity index (χ2v) is 9.95. The van der Waals surface area contributed by atoms with Crippen molar-refractivity contribution in [1.29, 1.82) is 0 Å². The van der Waals surface area contributed by atoms with Crippen molar-refractivity contribution in [3.05, 3.63) is 101 Å². The molecule has 1 heterocycles. The van der Waals surface area contributed by atoms with Crippen LogP contribution in [0.1, 0.15) is 46.8 Å². The first kappa shape index (κ1) is 29.5. The summed E-state index contributed by atoms with van der Waals surface area (Å²) < 4.78 is 34.1. The minimum atomic E-state index is -1.03. The monoisotopic (exact) mass is 582 g/mol. The first-order valence-electron chi connectivity index (χ1n) is 14.1. The van der Waals surface area contributed by atoms with Gasteiger partial charge in [-0.05, 0) is 60.0 Å². The molecule has 8 nitrogen and oxygen atoms in total. The van der Waals surface area contributed by atoms with Gasteiger partial charge in [0.05, 0.1) is 40.1 Å². The van der Waals surface area contributed by atoms with E-state index >= 15 is 0 Å². The fraction of sp³-hybridized carbons (Fsp3) is 0.257. The van der Waals surface area contributed by atoms with E-state index in [0.717, 1.165) is 33.4 Å². The van der Waals surface area contributed by atoms with Gasteiger partial charge in [-0.2, -0.15) is 0 Å². The zero-order valence-electron chi connectivity index (χ0n) is 24.7. The lowest BCUT2D eigenvalue weighted by Crippen LogP contribution is -2.34. The largest absolute Gasteiger partial charge is 0.497 e. The van der Waals surface area contributed by atoms with Crippen LogP contribution < -0.4 is 18.9 Å². The van der Waals surface area contributed by atoms with Crippen LogP contribution in [0, 0.1) is 0 Å². The Balaban J connectivity index is 1.60. The van der Waals surface area contributed by atoms with Crippen molar-refractivity contribution in [2.24, 2.45) is 0 Å². The highest BCUT2D eigenvalue weighted by atomic mass is 16.5. The van der Waals surface area contributed by atoms with Crippen LogP contribution in [0.2, 0.25) is 0 Å². The molecule has 0 amide bonds. The molecule has 0 aromatic heterocycles. The average Bonchev–Trinajstić information content (AvgIpc) is 3.07. The van der Waals surface area contributed by atoms with Gasteiger partial charge in [0.25, 0.3) is 0 Å². The molecule has 4 aromatic rings. The maximum Gasteiger partial charge on any atom is 0.338 e. The van der Waals surface area contributed by atoms with Crippen LogP contribution in [-0.2, 0) is 19.9 Å². The van der Waals surface area contributed by atoms with Gasteiger partial charge in [0, 0.05) is 34.9 Å². The van der Waals surface area contributed by atoms with Gasteiger partial charge in [-0.1, -0.05) is 37.3 Å². The Morgan fingerprint density at radius 2 is 1.33 bits per heavy atom. The molecule has 0 unspecified atom stereocenters. The quantitative estimate of drug-likeness (QED) is 0.142. The van der Waals surface area contributed by atoms with E-state index in [-0.39, 0.29) is 19.2 Å². The number of fused-ring (bicyclic) bond motifs is 3. The van der Waals surface area contributed by atoms with Crippen LogP contribution in [0.3, 0.4) is 0 Å². The molecule has 4 aromatic carbocycles. The minimum Gasteiger partial charge on any atom is -0.497 e. The third kappa shape index (κ3) is 6.00. The molecule has 8 heteroatoms. The summed E-state index contributed by atoms with van der Waals surface area (Å²) in [5.74, 6) is 1.84. The van der Waals surface area contributed by atoms with Gasteiger partial charge >= 0.3 is 11.9 Å². The van der Waals surface area contributed by atoms with E-state index in [1.54, 1.807) is 34.3 Å². The Bertz CT molecular complexity index is 1590. The van der Waals surface area contributed by atoms with Gasteiger partial charge in [0.15, 0.2) is 5.60 Å². The van der Waals surface area contributed by atoms with E-state index in [1.165, 1.54) is 0 Å². The molecule has 0 saturated carbocycles. The summed E-state index contributed by atoms with van der Waals surface area (Å²) in [7, 11) is 4.86. The molecule has 0 atom stereocenters. The zero-order valence-corrected chi connectivity index (χ0v) is 24.7. The lowest BCUT2D eigenvalue weighted by atomic mass is 9.82. The van der Waals surface area contributed by atoms with E-state index in [2.05, 4.69) is 0 Å². The van der Waals surface area contributed by atoms with Gasteiger partial charge in [-0.3, -0.25) is 4.79 Å². The third-order valence-corrected chi connectivity index (χ3v) is 7.42. The Hall–Kier alpha value is -4.98. The first-order valence-corrected chi connectivity index (χ1v) is 14.1. The van der Waals surface area contributed by atoms with E-state index in [4.69, 9.17) is 28.4 Å². The molecule has 5 rings (SSSR count). The van der Waals surface area contributed by atoms with Gasteiger partial charge in [-0.15, -0.1) is 0 Å². The molecule has 0 saturated heterocycles. The highest BCUT2D eigenvalue weighted by Gasteiger charge is 2.39. The predicted molar refractivity (Wildman–Crippen MR) is 163 cm³/mol. The summed E-state index contributed by atoms with van der Waals surface area (Å²) >= 11 is 0. The van der Waals surface area contributed by atoms with Crippen molar-refractivity contribution >= 4 is 28.8 Å². The number of carbonyl (C=O) groups is 2. The normalized spacial score (nSPS) is 13.0. The molecular formula is C35H34O8. The van der Waals surface area contributed by atoms with Crippen LogP contribution in [-0.4, -0.2) is 46.5 Å². The summed E-state index contributed by atoms with van der Waals surface area (Å²) in [6.07, 6.45) is 4.56. The van der Waals surface area contributed by atoms with Crippen LogP contribution in [0.5, 0.6) is 23.0 Å². The Morgan fingerprint density at radius 1 is 0.744 bits per heavy atom. The molecular weight excluding hydrogens is 548 g/mol. The van der Waals surface area contributed by atoms with Crippen LogP contribution in [0.25, 0.3) is 16.8 Å². The fourth-order valence-electron chi connectivity index (χ4n) is 5.07. The summed E-state index contributed by atoms with van der Waals surface area (Å²) in [5, 5.41) is 1.57. The van der Waals surface area contributed by atoms with Gasteiger partial charge in [0.2, 0.25) is 0 Å². The molecule has 1 aliphatic heterocycles. The van der Waals surface area contributed by atoms with Crippen molar-refractivity contribution in [3.63, 3.8) is 0 Å². The van der Waals surface area contributed by atoms with E-state index in [0.29, 0.717) is 35.5 Å².